The first-order valence-electron chi connectivity index (χ1n) is 8.26. The van der Waals surface area contributed by atoms with Crippen LogP contribution in [0, 0.1) is 6.92 Å². The lowest BCUT2D eigenvalue weighted by molar-refractivity contribution is -0.127. The first-order valence-corrected chi connectivity index (χ1v) is 9.05. The smallest absolute Gasteiger partial charge is 0.262 e. The summed E-state index contributed by atoms with van der Waals surface area (Å²) in [4.78, 5) is 26.4. The van der Waals surface area contributed by atoms with Gasteiger partial charge in [-0.15, -0.1) is 0 Å². The standard InChI is InChI=1S/C19H20BrN3O3/c1-12-7-8-14(13(20)9-12)22-18(24)11-23-10-17(19(25)21-2)26-16-6-4-3-5-15(16)23/h3-9,17H,10-11H2,1-2H3,(H,21,25)(H,22,24)/t17-/m1/s1. The number of amides is 2. The number of carbonyl (C=O) groups excluding carboxylic acids is 2. The molecule has 2 aromatic rings. The van der Waals surface area contributed by atoms with E-state index in [-0.39, 0.29) is 18.4 Å². The second-order valence-electron chi connectivity index (χ2n) is 6.10. The predicted octanol–water partition coefficient (Wildman–Crippen LogP) is 2.71. The lowest BCUT2D eigenvalue weighted by atomic mass is 10.1. The zero-order chi connectivity index (χ0) is 18.7. The van der Waals surface area contributed by atoms with Gasteiger partial charge in [0.1, 0.15) is 5.75 Å². The molecule has 0 bridgehead atoms. The highest BCUT2D eigenvalue weighted by atomic mass is 79.9. The third-order valence-electron chi connectivity index (χ3n) is 4.13. The minimum absolute atomic E-state index is 0.119. The quantitative estimate of drug-likeness (QED) is 0.801. The van der Waals surface area contributed by atoms with Gasteiger partial charge < -0.3 is 20.3 Å². The summed E-state index contributed by atoms with van der Waals surface area (Å²) in [7, 11) is 1.57. The zero-order valence-electron chi connectivity index (χ0n) is 14.6. The number of hydrogen-bond acceptors (Lipinski definition) is 4. The molecule has 0 aromatic heterocycles. The summed E-state index contributed by atoms with van der Waals surface area (Å²) in [5.41, 5.74) is 2.61. The van der Waals surface area contributed by atoms with Gasteiger partial charge in [-0.3, -0.25) is 9.59 Å². The number of para-hydroxylation sites is 2. The predicted molar refractivity (Wildman–Crippen MR) is 105 cm³/mol. The number of ether oxygens (including phenoxy) is 1. The highest BCUT2D eigenvalue weighted by Crippen LogP contribution is 2.33. The number of hydrogen-bond donors (Lipinski definition) is 2. The molecule has 7 heteroatoms. The van der Waals surface area contributed by atoms with Gasteiger partial charge in [0.25, 0.3) is 5.91 Å². The molecule has 1 aliphatic rings. The molecule has 2 amide bonds. The van der Waals surface area contributed by atoms with Crippen LogP contribution in [0.5, 0.6) is 5.75 Å². The van der Waals surface area contributed by atoms with Gasteiger partial charge in [0.05, 0.1) is 24.5 Å². The Morgan fingerprint density at radius 2 is 2.04 bits per heavy atom. The number of fused-ring (bicyclic) bond motifs is 1. The van der Waals surface area contributed by atoms with E-state index in [0.29, 0.717) is 18.0 Å². The second-order valence-corrected chi connectivity index (χ2v) is 6.95. The number of nitrogens with zero attached hydrogens (tertiary/aromatic N) is 1. The molecule has 0 unspecified atom stereocenters. The summed E-state index contributed by atoms with van der Waals surface area (Å²) in [5.74, 6) is 0.213. The van der Waals surface area contributed by atoms with E-state index >= 15 is 0 Å². The summed E-state index contributed by atoms with van der Waals surface area (Å²) >= 11 is 3.46. The number of benzene rings is 2. The summed E-state index contributed by atoms with van der Waals surface area (Å²) < 4.78 is 6.58. The summed E-state index contributed by atoms with van der Waals surface area (Å²) in [5, 5.41) is 5.50. The Labute approximate surface area is 160 Å². The van der Waals surface area contributed by atoms with Gasteiger partial charge in [-0.2, -0.15) is 0 Å². The van der Waals surface area contributed by atoms with Crippen molar-refractivity contribution >= 4 is 39.1 Å². The fourth-order valence-electron chi connectivity index (χ4n) is 2.84. The molecule has 1 atom stereocenters. The average Bonchev–Trinajstić information content (AvgIpc) is 2.63. The van der Waals surface area contributed by atoms with Gasteiger partial charge in [-0.25, -0.2) is 0 Å². The minimum atomic E-state index is -0.659. The monoisotopic (exact) mass is 417 g/mol. The molecule has 26 heavy (non-hydrogen) atoms. The molecule has 3 rings (SSSR count). The molecule has 0 spiro atoms. The highest BCUT2D eigenvalue weighted by molar-refractivity contribution is 9.10. The van der Waals surface area contributed by atoms with Crippen molar-refractivity contribution in [3.63, 3.8) is 0 Å². The van der Waals surface area contributed by atoms with E-state index in [2.05, 4.69) is 26.6 Å². The molecule has 136 valence electrons. The van der Waals surface area contributed by atoms with Crippen molar-refractivity contribution in [3.8, 4) is 5.75 Å². The van der Waals surface area contributed by atoms with E-state index in [4.69, 9.17) is 4.74 Å². The van der Waals surface area contributed by atoms with Gasteiger partial charge in [0, 0.05) is 11.5 Å². The molecule has 6 nitrogen and oxygen atoms in total. The van der Waals surface area contributed by atoms with Crippen LogP contribution >= 0.6 is 15.9 Å². The summed E-state index contributed by atoms with van der Waals surface area (Å²) in [6, 6.07) is 13.1. The van der Waals surface area contributed by atoms with Crippen LogP contribution in [0.2, 0.25) is 0 Å². The number of likely N-dealkylation sites (N-methyl/N-ethyl adjacent to an activating group) is 1. The van der Waals surface area contributed by atoms with Gasteiger partial charge >= 0.3 is 0 Å². The minimum Gasteiger partial charge on any atom is -0.477 e. The molecule has 1 heterocycles. The fraction of sp³-hybridized carbons (Fsp3) is 0.263. The molecule has 2 N–H and O–H groups in total. The van der Waals surface area contributed by atoms with E-state index in [1.807, 2.05) is 48.2 Å². The number of aryl methyl sites for hydroxylation is 1. The van der Waals surface area contributed by atoms with Crippen molar-refractivity contribution in [1.29, 1.82) is 0 Å². The van der Waals surface area contributed by atoms with E-state index in [0.717, 1.165) is 15.7 Å². The van der Waals surface area contributed by atoms with E-state index in [1.54, 1.807) is 13.1 Å². The SMILES string of the molecule is CNC(=O)[C@H]1CN(CC(=O)Nc2ccc(C)cc2Br)c2ccccc2O1. The van der Waals surface area contributed by atoms with E-state index in [1.165, 1.54) is 0 Å². The Morgan fingerprint density at radius 1 is 1.27 bits per heavy atom. The third kappa shape index (κ3) is 3.99. The highest BCUT2D eigenvalue weighted by Gasteiger charge is 2.31. The van der Waals surface area contributed by atoms with Crippen LogP contribution in [0.3, 0.4) is 0 Å². The van der Waals surface area contributed by atoms with Crippen LogP contribution in [0.25, 0.3) is 0 Å². The van der Waals surface area contributed by atoms with Crippen LogP contribution in [-0.4, -0.2) is 38.1 Å². The van der Waals surface area contributed by atoms with Crippen LogP contribution in [0.4, 0.5) is 11.4 Å². The molecule has 0 saturated heterocycles. The first kappa shape index (κ1) is 18.3. The van der Waals surface area contributed by atoms with E-state index < -0.39 is 6.10 Å². The maximum Gasteiger partial charge on any atom is 0.262 e. The van der Waals surface area contributed by atoms with Gasteiger partial charge in [-0.1, -0.05) is 18.2 Å². The Hall–Kier alpha value is -2.54. The van der Waals surface area contributed by atoms with Crippen LogP contribution in [0.15, 0.2) is 46.9 Å². The largest absolute Gasteiger partial charge is 0.477 e. The number of rotatable bonds is 4. The first-order chi connectivity index (χ1) is 12.5. The van der Waals surface area contributed by atoms with Crippen molar-refractivity contribution in [2.24, 2.45) is 0 Å². The third-order valence-corrected chi connectivity index (χ3v) is 4.79. The topological polar surface area (TPSA) is 70.7 Å². The Morgan fingerprint density at radius 3 is 2.77 bits per heavy atom. The Kier molecular flexibility index (Phi) is 5.46. The lowest BCUT2D eigenvalue weighted by Crippen LogP contribution is -2.50. The van der Waals surface area contributed by atoms with Crippen LogP contribution < -0.4 is 20.3 Å². The van der Waals surface area contributed by atoms with Crippen molar-refractivity contribution in [3.05, 3.63) is 52.5 Å². The summed E-state index contributed by atoms with van der Waals surface area (Å²) in [6.45, 7) is 2.41. The molecule has 1 aliphatic heterocycles. The molecule has 0 fully saturated rings. The van der Waals surface area contributed by atoms with Gasteiger partial charge in [0.2, 0.25) is 5.91 Å². The fourth-order valence-corrected chi connectivity index (χ4v) is 3.43. The zero-order valence-corrected chi connectivity index (χ0v) is 16.2. The van der Waals surface area contributed by atoms with E-state index in [9.17, 15) is 9.59 Å². The molecule has 2 aromatic carbocycles. The molecule has 0 radical (unpaired) electrons. The van der Waals surface area contributed by atoms with Gasteiger partial charge in [-0.05, 0) is 52.7 Å². The van der Waals surface area contributed by atoms with Crippen LogP contribution in [-0.2, 0) is 9.59 Å². The number of anilines is 2. The lowest BCUT2D eigenvalue weighted by Gasteiger charge is -2.35. The molecule has 0 saturated carbocycles. The Balaban J connectivity index is 1.76. The van der Waals surface area contributed by atoms with Crippen LogP contribution in [0.1, 0.15) is 5.56 Å². The van der Waals surface area contributed by atoms with Crippen molar-refractivity contribution in [2.75, 3.05) is 30.4 Å². The molecular formula is C19H20BrN3O3. The van der Waals surface area contributed by atoms with Crippen molar-refractivity contribution in [1.82, 2.24) is 5.32 Å². The summed E-state index contributed by atoms with van der Waals surface area (Å²) in [6.07, 6.45) is -0.659. The normalized spacial score (nSPS) is 15.7. The maximum atomic E-state index is 12.6. The van der Waals surface area contributed by atoms with Crippen molar-refractivity contribution in [2.45, 2.75) is 13.0 Å². The van der Waals surface area contributed by atoms with Crippen molar-refractivity contribution < 1.29 is 14.3 Å². The number of carbonyl (C=O) groups is 2. The maximum absolute atomic E-state index is 12.6. The van der Waals surface area contributed by atoms with Gasteiger partial charge in [0.15, 0.2) is 6.10 Å². The molecular weight excluding hydrogens is 398 g/mol. The molecule has 0 aliphatic carbocycles. The number of halogens is 1. The second kappa shape index (κ2) is 7.78. The average molecular weight is 418 g/mol. The number of nitrogens with one attached hydrogen (secondary N) is 2. The Bertz CT molecular complexity index is 841.